The molecule has 4 aliphatic rings. The average molecular weight is 364 g/mol. The number of allylic oxidation sites excluding steroid dienone is 3. The van der Waals surface area contributed by atoms with Crippen LogP contribution in [-0.4, -0.2) is 18.2 Å². The van der Waals surface area contributed by atoms with E-state index in [0.717, 1.165) is 24.2 Å². The van der Waals surface area contributed by atoms with Crippen LogP contribution in [0.4, 0.5) is 0 Å². The van der Waals surface area contributed by atoms with Crippen LogP contribution < -0.4 is 0 Å². The monoisotopic (exact) mass is 363 g/mol. The van der Waals surface area contributed by atoms with Crippen molar-refractivity contribution in [1.82, 2.24) is 4.98 Å². The second-order valence-electron chi connectivity index (χ2n) is 9.91. The Kier molecular flexibility index (Phi) is 4.13. The lowest BCUT2D eigenvalue weighted by Gasteiger charge is -2.58. The average Bonchev–Trinajstić information content (AvgIpc) is 3.05. The van der Waals surface area contributed by atoms with E-state index in [-0.39, 0.29) is 0 Å². The van der Waals surface area contributed by atoms with Crippen molar-refractivity contribution >= 4 is 5.57 Å². The number of fused-ring (bicyclic) bond motifs is 5. The molecule has 0 N–H and O–H groups in total. The van der Waals surface area contributed by atoms with Gasteiger partial charge in [-0.05, 0) is 90.7 Å². The molecule has 4 aliphatic carbocycles. The molecule has 0 spiro atoms. The number of methoxy groups -OCH3 is 1. The van der Waals surface area contributed by atoms with Crippen LogP contribution in [0.15, 0.2) is 42.3 Å². The lowest BCUT2D eigenvalue weighted by molar-refractivity contribution is -0.0301. The molecule has 1 aromatic rings. The summed E-state index contributed by atoms with van der Waals surface area (Å²) in [6.07, 6.45) is 18.5. The molecule has 0 unspecified atom stereocenters. The predicted molar refractivity (Wildman–Crippen MR) is 110 cm³/mol. The third-order valence-electron chi connectivity index (χ3n) is 8.95. The van der Waals surface area contributed by atoms with Crippen LogP contribution in [0.3, 0.4) is 0 Å². The van der Waals surface area contributed by atoms with Gasteiger partial charge < -0.3 is 4.74 Å². The zero-order valence-corrected chi connectivity index (χ0v) is 17.1. The van der Waals surface area contributed by atoms with E-state index in [1.165, 1.54) is 44.1 Å². The summed E-state index contributed by atoms with van der Waals surface area (Å²) in [6.45, 7) is 5.12. The molecule has 0 radical (unpaired) electrons. The maximum Gasteiger partial charge on any atom is 0.0608 e. The number of aromatic nitrogens is 1. The molecule has 0 aromatic carbocycles. The Balaban J connectivity index is 1.45. The van der Waals surface area contributed by atoms with E-state index in [0.29, 0.717) is 16.9 Å². The standard InChI is InChI=1S/C25H33NO/c1-24-12-10-19(27-3)15-18(24)6-7-20-22-9-8-21(17-5-4-14-26-16-17)25(22,2)13-11-23(20)24/h4-6,8,14,16,19-20,22-23H,7,9-13,15H2,1-3H3/t19-,20-,22-,23-,24-,25+/m0/s1. The Hall–Kier alpha value is -1.41. The van der Waals surface area contributed by atoms with Crippen LogP contribution >= 0.6 is 0 Å². The van der Waals surface area contributed by atoms with E-state index in [9.17, 15) is 0 Å². The molecule has 6 atom stereocenters. The van der Waals surface area contributed by atoms with E-state index >= 15 is 0 Å². The maximum atomic E-state index is 5.71. The van der Waals surface area contributed by atoms with Gasteiger partial charge in [0.1, 0.15) is 0 Å². The molecule has 5 rings (SSSR count). The van der Waals surface area contributed by atoms with E-state index < -0.39 is 0 Å². The van der Waals surface area contributed by atoms with Gasteiger partial charge in [0.15, 0.2) is 0 Å². The molecule has 2 heteroatoms. The van der Waals surface area contributed by atoms with Gasteiger partial charge in [-0.2, -0.15) is 0 Å². The Morgan fingerprint density at radius 3 is 2.67 bits per heavy atom. The lowest BCUT2D eigenvalue weighted by Crippen LogP contribution is -2.49. The van der Waals surface area contributed by atoms with E-state index in [1.807, 2.05) is 13.3 Å². The smallest absolute Gasteiger partial charge is 0.0608 e. The van der Waals surface area contributed by atoms with Gasteiger partial charge >= 0.3 is 0 Å². The van der Waals surface area contributed by atoms with Crippen LogP contribution in [-0.2, 0) is 4.74 Å². The van der Waals surface area contributed by atoms with Crippen molar-refractivity contribution in [2.75, 3.05) is 7.11 Å². The number of hydrogen-bond donors (Lipinski definition) is 0. The van der Waals surface area contributed by atoms with Gasteiger partial charge in [-0.15, -0.1) is 0 Å². The van der Waals surface area contributed by atoms with Gasteiger partial charge in [-0.1, -0.05) is 37.6 Å². The second-order valence-corrected chi connectivity index (χ2v) is 9.91. The quantitative estimate of drug-likeness (QED) is 0.596. The minimum Gasteiger partial charge on any atom is -0.381 e. The Bertz CT molecular complexity index is 781. The normalized spacial score (nSPS) is 43.2. The molecular formula is C25H33NO. The van der Waals surface area contributed by atoms with Crippen LogP contribution in [0.5, 0.6) is 0 Å². The first-order valence-electron chi connectivity index (χ1n) is 10.9. The summed E-state index contributed by atoms with van der Waals surface area (Å²) in [5, 5.41) is 0. The van der Waals surface area contributed by atoms with Crippen molar-refractivity contribution < 1.29 is 4.74 Å². The number of pyridine rings is 1. The van der Waals surface area contributed by atoms with E-state index in [2.05, 4.69) is 49.3 Å². The van der Waals surface area contributed by atoms with Crippen molar-refractivity contribution in [2.45, 2.75) is 64.9 Å². The first-order chi connectivity index (χ1) is 13.1. The minimum atomic E-state index is 0.329. The van der Waals surface area contributed by atoms with Gasteiger partial charge in [-0.3, -0.25) is 4.98 Å². The number of ether oxygens (including phenoxy) is 1. The van der Waals surface area contributed by atoms with Crippen molar-refractivity contribution in [3.05, 3.63) is 47.8 Å². The largest absolute Gasteiger partial charge is 0.381 e. The number of hydrogen-bond acceptors (Lipinski definition) is 2. The third-order valence-corrected chi connectivity index (χ3v) is 8.95. The molecule has 0 amide bonds. The molecule has 2 saturated carbocycles. The topological polar surface area (TPSA) is 22.1 Å². The zero-order chi connectivity index (χ0) is 18.6. The summed E-state index contributed by atoms with van der Waals surface area (Å²) < 4.78 is 5.71. The summed E-state index contributed by atoms with van der Waals surface area (Å²) in [5.41, 5.74) is 5.37. The number of rotatable bonds is 2. The van der Waals surface area contributed by atoms with E-state index in [1.54, 1.807) is 11.1 Å². The molecule has 2 nitrogen and oxygen atoms in total. The Labute approximate surface area is 164 Å². The summed E-state index contributed by atoms with van der Waals surface area (Å²) >= 11 is 0. The first kappa shape index (κ1) is 17.7. The summed E-state index contributed by atoms with van der Waals surface area (Å²) in [5.74, 6) is 2.48. The Morgan fingerprint density at radius 2 is 1.89 bits per heavy atom. The van der Waals surface area contributed by atoms with Crippen LogP contribution in [0.2, 0.25) is 0 Å². The first-order valence-corrected chi connectivity index (χ1v) is 10.9. The van der Waals surface area contributed by atoms with Crippen molar-refractivity contribution in [2.24, 2.45) is 28.6 Å². The molecule has 0 aliphatic heterocycles. The fourth-order valence-electron chi connectivity index (χ4n) is 7.37. The fourth-order valence-corrected chi connectivity index (χ4v) is 7.37. The predicted octanol–water partition coefficient (Wildman–Crippen LogP) is 6.05. The molecule has 144 valence electrons. The fraction of sp³-hybridized carbons (Fsp3) is 0.640. The molecule has 2 fully saturated rings. The highest BCUT2D eigenvalue weighted by atomic mass is 16.5. The third kappa shape index (κ3) is 2.52. The summed E-state index contributed by atoms with van der Waals surface area (Å²) in [4.78, 5) is 4.40. The van der Waals surface area contributed by atoms with Crippen LogP contribution in [0.1, 0.15) is 64.4 Å². The van der Waals surface area contributed by atoms with Gasteiger partial charge in [0.2, 0.25) is 0 Å². The highest BCUT2D eigenvalue weighted by molar-refractivity contribution is 5.72. The SMILES string of the molecule is CO[C@H]1CC[C@@]2(C)C(=CC[C@@H]3[C@@H]2CC[C@]2(C)C(c4cccnc4)=CC[C@@H]32)C1. The van der Waals surface area contributed by atoms with Crippen molar-refractivity contribution in [3.8, 4) is 0 Å². The van der Waals surface area contributed by atoms with E-state index in [4.69, 9.17) is 4.74 Å². The van der Waals surface area contributed by atoms with Crippen LogP contribution in [0, 0.1) is 28.6 Å². The molecular weight excluding hydrogens is 330 g/mol. The number of nitrogens with zero attached hydrogens (tertiary/aromatic N) is 1. The van der Waals surface area contributed by atoms with Crippen LogP contribution in [0.25, 0.3) is 5.57 Å². The van der Waals surface area contributed by atoms with Gasteiger partial charge in [0.25, 0.3) is 0 Å². The van der Waals surface area contributed by atoms with Gasteiger partial charge in [-0.25, -0.2) is 0 Å². The minimum absolute atomic E-state index is 0.329. The highest BCUT2D eigenvalue weighted by Crippen LogP contribution is 2.66. The molecule has 27 heavy (non-hydrogen) atoms. The molecule has 0 bridgehead atoms. The summed E-state index contributed by atoms with van der Waals surface area (Å²) in [7, 11) is 1.88. The van der Waals surface area contributed by atoms with Crippen molar-refractivity contribution in [1.29, 1.82) is 0 Å². The second kappa shape index (κ2) is 6.30. The Morgan fingerprint density at radius 1 is 1.04 bits per heavy atom. The highest BCUT2D eigenvalue weighted by Gasteiger charge is 2.56. The van der Waals surface area contributed by atoms with Crippen molar-refractivity contribution in [3.63, 3.8) is 0 Å². The maximum absolute atomic E-state index is 5.71. The molecule has 0 saturated heterocycles. The van der Waals surface area contributed by atoms with Gasteiger partial charge in [0, 0.05) is 19.5 Å². The summed E-state index contributed by atoms with van der Waals surface area (Å²) in [6, 6.07) is 4.34. The zero-order valence-electron chi connectivity index (χ0n) is 17.1. The van der Waals surface area contributed by atoms with Gasteiger partial charge in [0.05, 0.1) is 6.10 Å². The lowest BCUT2D eigenvalue weighted by atomic mass is 9.47. The molecule has 1 heterocycles. The molecule has 1 aromatic heterocycles.